The fourth-order valence-electron chi connectivity index (χ4n) is 3.62. The Morgan fingerprint density at radius 1 is 1.15 bits per heavy atom. The Morgan fingerprint density at radius 3 is 2.67 bits per heavy atom. The normalized spacial score (nSPS) is 17.9. The van der Waals surface area contributed by atoms with Gasteiger partial charge in [0.2, 0.25) is 5.91 Å². The van der Waals surface area contributed by atoms with Crippen LogP contribution in [0.25, 0.3) is 0 Å². The fourth-order valence-corrected chi connectivity index (χ4v) is 3.62. The van der Waals surface area contributed by atoms with Gasteiger partial charge < -0.3 is 9.64 Å². The molecule has 0 saturated carbocycles. The van der Waals surface area contributed by atoms with E-state index in [1.165, 1.54) is 12.8 Å². The highest BCUT2D eigenvalue weighted by atomic mass is 16.5. The lowest BCUT2D eigenvalue weighted by molar-refractivity contribution is -0.138. The molecule has 1 aromatic heterocycles. The maximum Gasteiger partial charge on any atom is 0.240 e. The fraction of sp³-hybridized carbons (Fsp3) is 0.455. The summed E-state index contributed by atoms with van der Waals surface area (Å²) in [6.07, 6.45) is 6.19. The van der Waals surface area contributed by atoms with Gasteiger partial charge in [-0.2, -0.15) is 0 Å². The lowest BCUT2D eigenvalue weighted by atomic mass is 10.1. The molecule has 27 heavy (non-hydrogen) atoms. The van der Waals surface area contributed by atoms with Crippen molar-refractivity contribution in [3.8, 4) is 5.75 Å². The van der Waals surface area contributed by atoms with Crippen LogP contribution in [0.15, 0.2) is 48.7 Å². The average molecular weight is 367 g/mol. The van der Waals surface area contributed by atoms with Crippen molar-refractivity contribution in [2.24, 2.45) is 0 Å². The minimum absolute atomic E-state index is 0.0468. The average Bonchev–Trinajstić information content (AvgIpc) is 2.92. The summed E-state index contributed by atoms with van der Waals surface area (Å²) in [5, 5.41) is 0. The van der Waals surface area contributed by atoms with Gasteiger partial charge in [0.25, 0.3) is 0 Å². The van der Waals surface area contributed by atoms with E-state index in [-0.39, 0.29) is 11.9 Å². The van der Waals surface area contributed by atoms with E-state index < -0.39 is 0 Å². The molecule has 0 bridgehead atoms. The first-order valence-corrected chi connectivity index (χ1v) is 9.69. The highest BCUT2D eigenvalue weighted by Gasteiger charge is 2.29. The second-order valence-corrected chi connectivity index (χ2v) is 7.21. The maximum absolute atomic E-state index is 13.4. The second-order valence-electron chi connectivity index (χ2n) is 7.21. The third-order valence-electron chi connectivity index (χ3n) is 5.23. The van der Waals surface area contributed by atoms with E-state index in [0.29, 0.717) is 13.1 Å². The molecule has 2 heterocycles. The van der Waals surface area contributed by atoms with E-state index in [9.17, 15) is 4.79 Å². The SMILES string of the molecule is COc1ccc(CN(Cc2ccccn2)C(=O)[C@H]2CCCCCN2C)cc1. The third kappa shape index (κ3) is 5.30. The number of ether oxygens (including phenoxy) is 1. The molecule has 5 nitrogen and oxygen atoms in total. The topological polar surface area (TPSA) is 45.7 Å². The Bertz CT molecular complexity index is 718. The van der Waals surface area contributed by atoms with Gasteiger partial charge in [0.05, 0.1) is 25.4 Å². The number of benzene rings is 1. The van der Waals surface area contributed by atoms with Crippen LogP contribution in [-0.2, 0) is 17.9 Å². The molecule has 144 valence electrons. The van der Waals surface area contributed by atoms with Crippen LogP contribution < -0.4 is 4.74 Å². The van der Waals surface area contributed by atoms with Gasteiger partial charge in [0, 0.05) is 12.7 Å². The molecule has 1 atom stereocenters. The number of likely N-dealkylation sites (N-methyl/N-ethyl adjacent to an activating group) is 1. The molecule has 1 fully saturated rings. The molecule has 5 heteroatoms. The molecule has 1 amide bonds. The maximum atomic E-state index is 13.4. The largest absolute Gasteiger partial charge is 0.497 e. The van der Waals surface area contributed by atoms with Crippen LogP contribution in [0.3, 0.4) is 0 Å². The molecular formula is C22H29N3O2. The van der Waals surface area contributed by atoms with Crippen LogP contribution in [0.4, 0.5) is 0 Å². The molecule has 0 unspecified atom stereocenters. The zero-order valence-corrected chi connectivity index (χ0v) is 16.3. The van der Waals surface area contributed by atoms with Crippen molar-refractivity contribution < 1.29 is 9.53 Å². The summed E-state index contributed by atoms with van der Waals surface area (Å²) in [5.74, 6) is 1.02. The first-order valence-electron chi connectivity index (χ1n) is 9.69. The predicted octanol–water partition coefficient (Wildman–Crippen LogP) is 3.49. The number of carbonyl (C=O) groups excluding carboxylic acids is 1. The van der Waals surface area contributed by atoms with Crippen LogP contribution >= 0.6 is 0 Å². The van der Waals surface area contributed by atoms with Crippen LogP contribution in [0.1, 0.15) is 36.9 Å². The molecule has 0 aliphatic carbocycles. The Kier molecular flexibility index (Phi) is 6.82. The second kappa shape index (κ2) is 9.51. The number of amides is 1. The van der Waals surface area contributed by atoms with Gasteiger partial charge in [-0.1, -0.05) is 31.0 Å². The first-order chi connectivity index (χ1) is 13.2. The molecule has 1 aromatic carbocycles. The Labute approximate surface area is 162 Å². The number of hydrogen-bond acceptors (Lipinski definition) is 4. The van der Waals surface area contributed by atoms with Crippen molar-refractivity contribution in [2.75, 3.05) is 20.7 Å². The van der Waals surface area contributed by atoms with Gasteiger partial charge in [0.1, 0.15) is 5.75 Å². The van der Waals surface area contributed by atoms with Crippen LogP contribution in [0.2, 0.25) is 0 Å². The summed E-state index contributed by atoms with van der Waals surface area (Å²) < 4.78 is 5.24. The predicted molar refractivity (Wildman–Crippen MR) is 106 cm³/mol. The Morgan fingerprint density at radius 2 is 1.96 bits per heavy atom. The number of hydrogen-bond donors (Lipinski definition) is 0. The number of nitrogens with zero attached hydrogens (tertiary/aromatic N) is 3. The summed E-state index contributed by atoms with van der Waals surface area (Å²) in [5.41, 5.74) is 2.01. The molecule has 0 N–H and O–H groups in total. The van der Waals surface area contributed by atoms with Gasteiger partial charge >= 0.3 is 0 Å². The van der Waals surface area contributed by atoms with Gasteiger partial charge in [-0.05, 0) is 56.3 Å². The highest BCUT2D eigenvalue weighted by molar-refractivity contribution is 5.82. The Balaban J connectivity index is 1.80. The molecule has 0 radical (unpaired) electrons. The minimum Gasteiger partial charge on any atom is -0.497 e. The number of rotatable bonds is 6. The summed E-state index contributed by atoms with van der Waals surface area (Å²) in [6, 6.07) is 13.7. The lowest BCUT2D eigenvalue weighted by Crippen LogP contribution is -2.46. The van der Waals surface area contributed by atoms with Crippen LogP contribution in [0.5, 0.6) is 5.75 Å². The quantitative estimate of drug-likeness (QED) is 0.784. The monoisotopic (exact) mass is 367 g/mol. The zero-order chi connectivity index (χ0) is 19.1. The van der Waals surface area contributed by atoms with Crippen molar-refractivity contribution in [3.63, 3.8) is 0 Å². The van der Waals surface area contributed by atoms with Gasteiger partial charge in [0.15, 0.2) is 0 Å². The summed E-state index contributed by atoms with van der Waals surface area (Å²) in [4.78, 5) is 22.0. The highest BCUT2D eigenvalue weighted by Crippen LogP contribution is 2.20. The molecule has 1 aliphatic heterocycles. The summed E-state index contributed by atoms with van der Waals surface area (Å²) >= 11 is 0. The van der Waals surface area contributed by atoms with E-state index in [0.717, 1.165) is 36.4 Å². The number of aromatic nitrogens is 1. The van der Waals surface area contributed by atoms with Crippen molar-refractivity contribution in [1.29, 1.82) is 0 Å². The Hall–Kier alpha value is -2.40. The number of pyridine rings is 1. The molecule has 2 aromatic rings. The zero-order valence-electron chi connectivity index (χ0n) is 16.3. The van der Waals surface area contributed by atoms with E-state index in [4.69, 9.17) is 4.74 Å². The van der Waals surface area contributed by atoms with Gasteiger partial charge in [-0.3, -0.25) is 14.7 Å². The third-order valence-corrected chi connectivity index (χ3v) is 5.23. The van der Waals surface area contributed by atoms with Gasteiger partial charge in [-0.15, -0.1) is 0 Å². The van der Waals surface area contributed by atoms with E-state index in [1.807, 2.05) is 47.4 Å². The standard InChI is InChI=1S/C22H29N3O2/c1-24-15-7-3-4-9-21(24)22(26)25(17-19-8-5-6-14-23-19)16-18-10-12-20(27-2)13-11-18/h5-6,8,10-14,21H,3-4,7,9,15-17H2,1-2H3/t21-/m1/s1. The van der Waals surface area contributed by atoms with E-state index in [1.54, 1.807) is 13.3 Å². The lowest BCUT2D eigenvalue weighted by Gasteiger charge is -2.31. The van der Waals surface area contributed by atoms with Crippen LogP contribution in [-0.4, -0.2) is 47.4 Å². The number of carbonyl (C=O) groups is 1. The molecule has 0 spiro atoms. The summed E-state index contributed by atoms with van der Waals surface area (Å²) in [6.45, 7) is 2.08. The van der Waals surface area contributed by atoms with Gasteiger partial charge in [-0.25, -0.2) is 0 Å². The van der Waals surface area contributed by atoms with E-state index in [2.05, 4.69) is 16.9 Å². The van der Waals surface area contributed by atoms with E-state index >= 15 is 0 Å². The van der Waals surface area contributed by atoms with Crippen molar-refractivity contribution in [1.82, 2.24) is 14.8 Å². The minimum atomic E-state index is -0.0468. The molecule has 1 aliphatic rings. The molecule has 3 rings (SSSR count). The smallest absolute Gasteiger partial charge is 0.240 e. The molecule has 1 saturated heterocycles. The summed E-state index contributed by atoms with van der Waals surface area (Å²) in [7, 11) is 3.73. The number of methoxy groups -OCH3 is 1. The first kappa shape index (κ1) is 19.4. The van der Waals surface area contributed by atoms with Crippen molar-refractivity contribution in [2.45, 2.75) is 44.8 Å². The van der Waals surface area contributed by atoms with Crippen molar-refractivity contribution >= 4 is 5.91 Å². The van der Waals surface area contributed by atoms with Crippen molar-refractivity contribution in [3.05, 3.63) is 59.9 Å². The van der Waals surface area contributed by atoms with Crippen LogP contribution in [0, 0.1) is 0 Å². The number of likely N-dealkylation sites (tertiary alicyclic amines) is 1. The molecular weight excluding hydrogens is 338 g/mol.